The Labute approximate surface area is 93.3 Å². The topological polar surface area (TPSA) is 101 Å². The van der Waals surface area contributed by atoms with Gasteiger partial charge in [-0.1, -0.05) is 0 Å². The maximum atomic E-state index is 11.7. The molecular weight excluding hydrogens is 232 g/mol. The van der Waals surface area contributed by atoms with Crippen LogP contribution in [0.3, 0.4) is 0 Å². The van der Waals surface area contributed by atoms with E-state index in [0.29, 0.717) is 0 Å². The molecule has 0 saturated carbocycles. The Bertz CT molecular complexity index is 522. The first-order valence-corrected chi connectivity index (χ1v) is 5.76. The maximum absolute atomic E-state index is 11.7. The summed E-state index contributed by atoms with van der Waals surface area (Å²) < 4.78 is 24.3. The minimum Gasteiger partial charge on any atom is -0.507 e. The van der Waals surface area contributed by atoms with Crippen molar-refractivity contribution in [1.82, 2.24) is 4.31 Å². The van der Waals surface area contributed by atoms with Crippen LogP contribution in [-0.2, 0) is 10.0 Å². The fraction of sp³-hybridized carbons (Fsp3) is 0.222. The number of carbonyl (C=O) groups is 1. The standard InChI is InChI=1S/C9H12N2O4S/c1-11(2)16(14,15)6-3-4-7(9(10)13)8(12)5-6/h3-5,12H,1-2H3,(H2,10,13). The zero-order valence-corrected chi connectivity index (χ0v) is 9.65. The van der Waals surface area contributed by atoms with Crippen molar-refractivity contribution in [3.63, 3.8) is 0 Å². The SMILES string of the molecule is CN(C)S(=O)(=O)c1ccc(C(N)=O)c(O)c1. The number of sulfonamides is 1. The van der Waals surface area contributed by atoms with Gasteiger partial charge in [-0.25, -0.2) is 12.7 Å². The first-order valence-electron chi connectivity index (χ1n) is 4.32. The summed E-state index contributed by atoms with van der Waals surface area (Å²) in [4.78, 5) is 10.7. The number of amides is 1. The second kappa shape index (κ2) is 4.11. The smallest absolute Gasteiger partial charge is 0.252 e. The first kappa shape index (κ1) is 12.5. The molecule has 16 heavy (non-hydrogen) atoms. The van der Waals surface area contributed by atoms with Crippen LogP contribution in [0.4, 0.5) is 0 Å². The van der Waals surface area contributed by atoms with E-state index in [1.54, 1.807) is 0 Å². The highest BCUT2D eigenvalue weighted by Gasteiger charge is 2.19. The minimum absolute atomic E-state index is 0.0972. The molecule has 0 spiro atoms. The van der Waals surface area contributed by atoms with Crippen molar-refractivity contribution in [3.05, 3.63) is 23.8 Å². The van der Waals surface area contributed by atoms with Gasteiger partial charge < -0.3 is 10.8 Å². The van der Waals surface area contributed by atoms with E-state index in [1.807, 2.05) is 0 Å². The first-order chi connectivity index (χ1) is 7.26. The highest BCUT2D eigenvalue weighted by atomic mass is 32.2. The molecule has 0 bridgehead atoms. The number of nitrogens with two attached hydrogens (primary N) is 1. The summed E-state index contributed by atoms with van der Waals surface area (Å²) in [5.74, 6) is -1.26. The van der Waals surface area contributed by atoms with Crippen molar-refractivity contribution in [1.29, 1.82) is 0 Å². The van der Waals surface area contributed by atoms with Crippen LogP contribution in [0.15, 0.2) is 23.1 Å². The van der Waals surface area contributed by atoms with Crippen molar-refractivity contribution in [3.8, 4) is 5.75 Å². The van der Waals surface area contributed by atoms with Crippen LogP contribution in [0.2, 0.25) is 0 Å². The van der Waals surface area contributed by atoms with E-state index < -0.39 is 21.7 Å². The summed E-state index contributed by atoms with van der Waals surface area (Å²) >= 11 is 0. The fourth-order valence-corrected chi connectivity index (χ4v) is 2.01. The lowest BCUT2D eigenvalue weighted by atomic mass is 10.2. The molecule has 0 aliphatic rings. The van der Waals surface area contributed by atoms with Crippen LogP contribution in [0.5, 0.6) is 5.75 Å². The Morgan fingerprint density at radius 3 is 2.31 bits per heavy atom. The minimum atomic E-state index is -3.62. The van der Waals surface area contributed by atoms with E-state index in [4.69, 9.17) is 5.73 Å². The Kier molecular flexibility index (Phi) is 3.20. The van der Waals surface area contributed by atoms with Crippen LogP contribution in [0.1, 0.15) is 10.4 Å². The van der Waals surface area contributed by atoms with Gasteiger partial charge in [-0.2, -0.15) is 0 Å². The van der Waals surface area contributed by atoms with E-state index >= 15 is 0 Å². The number of primary amides is 1. The van der Waals surface area contributed by atoms with Gasteiger partial charge in [0.05, 0.1) is 10.5 Å². The maximum Gasteiger partial charge on any atom is 0.252 e. The van der Waals surface area contributed by atoms with Gasteiger partial charge >= 0.3 is 0 Å². The van der Waals surface area contributed by atoms with Gasteiger partial charge in [-0.3, -0.25) is 4.79 Å². The van der Waals surface area contributed by atoms with Crippen LogP contribution in [0.25, 0.3) is 0 Å². The third kappa shape index (κ3) is 2.15. The van der Waals surface area contributed by atoms with Gasteiger partial charge in [0.25, 0.3) is 5.91 Å². The number of aromatic hydroxyl groups is 1. The van der Waals surface area contributed by atoms with Crippen LogP contribution < -0.4 is 5.73 Å². The Balaban J connectivity index is 3.32. The summed E-state index contributed by atoms with van der Waals surface area (Å²) in [6.07, 6.45) is 0. The molecule has 1 amide bonds. The van der Waals surface area contributed by atoms with Gasteiger partial charge in [0.1, 0.15) is 5.75 Å². The molecule has 0 saturated heterocycles. The number of hydrogen-bond donors (Lipinski definition) is 2. The summed E-state index contributed by atoms with van der Waals surface area (Å²) in [7, 11) is -0.882. The molecule has 88 valence electrons. The molecule has 1 aromatic carbocycles. The molecule has 1 aromatic rings. The molecular formula is C9H12N2O4S. The molecule has 0 heterocycles. The molecule has 0 atom stereocenters. The molecule has 0 aromatic heterocycles. The third-order valence-electron chi connectivity index (χ3n) is 2.01. The average molecular weight is 244 g/mol. The van der Waals surface area contributed by atoms with E-state index in [9.17, 15) is 18.3 Å². The molecule has 6 nitrogen and oxygen atoms in total. The van der Waals surface area contributed by atoms with Crippen LogP contribution in [0, 0.1) is 0 Å². The largest absolute Gasteiger partial charge is 0.507 e. The number of hydrogen-bond acceptors (Lipinski definition) is 4. The number of phenols is 1. The molecule has 0 aliphatic carbocycles. The quantitative estimate of drug-likeness (QED) is 0.765. The fourth-order valence-electron chi connectivity index (χ4n) is 1.09. The predicted octanol–water partition coefficient (Wildman–Crippen LogP) is -0.259. The van der Waals surface area contributed by atoms with Gasteiger partial charge in [0.2, 0.25) is 10.0 Å². The number of benzene rings is 1. The summed E-state index contributed by atoms with van der Waals surface area (Å²) in [6, 6.07) is 3.39. The zero-order chi connectivity index (χ0) is 12.5. The van der Waals surface area contributed by atoms with Gasteiger partial charge in [0.15, 0.2) is 0 Å². The van der Waals surface area contributed by atoms with Gasteiger partial charge in [0, 0.05) is 20.2 Å². The molecule has 0 unspecified atom stereocenters. The lowest BCUT2D eigenvalue weighted by Gasteiger charge is -2.11. The zero-order valence-electron chi connectivity index (χ0n) is 8.84. The Hall–Kier alpha value is -1.60. The summed E-state index contributed by atoms with van der Waals surface area (Å²) in [5, 5.41) is 9.42. The molecule has 0 aliphatic heterocycles. The lowest BCUT2D eigenvalue weighted by Crippen LogP contribution is -2.22. The van der Waals surface area contributed by atoms with E-state index in [-0.39, 0.29) is 10.5 Å². The van der Waals surface area contributed by atoms with Crippen molar-refractivity contribution in [2.45, 2.75) is 4.90 Å². The second-order valence-corrected chi connectivity index (χ2v) is 5.48. The molecule has 7 heteroatoms. The lowest BCUT2D eigenvalue weighted by molar-refractivity contribution is 0.0997. The van der Waals surface area contributed by atoms with Crippen molar-refractivity contribution >= 4 is 15.9 Å². The van der Waals surface area contributed by atoms with Crippen molar-refractivity contribution in [2.24, 2.45) is 5.73 Å². The summed E-state index contributed by atoms with van der Waals surface area (Å²) in [5.41, 5.74) is 4.86. The Morgan fingerprint density at radius 2 is 1.94 bits per heavy atom. The summed E-state index contributed by atoms with van der Waals surface area (Å²) in [6.45, 7) is 0. The Morgan fingerprint density at radius 1 is 1.38 bits per heavy atom. The van der Waals surface area contributed by atoms with E-state index in [2.05, 4.69) is 0 Å². The van der Waals surface area contributed by atoms with E-state index in [1.165, 1.54) is 26.2 Å². The second-order valence-electron chi connectivity index (χ2n) is 3.33. The van der Waals surface area contributed by atoms with Crippen LogP contribution in [-0.4, -0.2) is 37.8 Å². The molecule has 1 rings (SSSR count). The normalized spacial score (nSPS) is 11.7. The molecule has 0 radical (unpaired) electrons. The average Bonchev–Trinajstić information content (AvgIpc) is 2.16. The highest BCUT2D eigenvalue weighted by molar-refractivity contribution is 7.89. The third-order valence-corrected chi connectivity index (χ3v) is 3.82. The monoisotopic (exact) mass is 244 g/mol. The van der Waals surface area contributed by atoms with Crippen molar-refractivity contribution in [2.75, 3.05) is 14.1 Å². The van der Waals surface area contributed by atoms with Gasteiger partial charge in [-0.15, -0.1) is 0 Å². The number of carbonyl (C=O) groups excluding carboxylic acids is 1. The van der Waals surface area contributed by atoms with Gasteiger partial charge in [-0.05, 0) is 12.1 Å². The number of nitrogens with zero attached hydrogens (tertiary/aromatic N) is 1. The highest BCUT2D eigenvalue weighted by Crippen LogP contribution is 2.22. The molecule has 3 N–H and O–H groups in total. The predicted molar refractivity (Wildman–Crippen MR) is 57.5 cm³/mol. The van der Waals surface area contributed by atoms with E-state index in [0.717, 1.165) is 10.4 Å². The number of rotatable bonds is 3. The van der Waals surface area contributed by atoms with Crippen LogP contribution >= 0.6 is 0 Å². The molecule has 0 fully saturated rings. The van der Waals surface area contributed by atoms with Crippen molar-refractivity contribution < 1.29 is 18.3 Å².